The Morgan fingerprint density at radius 1 is 1.44 bits per heavy atom. The van der Waals surface area contributed by atoms with Crippen LogP contribution in [-0.4, -0.2) is 41.9 Å². The van der Waals surface area contributed by atoms with E-state index in [1.165, 1.54) is 6.08 Å². The number of aliphatic hydroxyl groups excluding tert-OH is 1. The Morgan fingerprint density at radius 3 is 2.69 bits per heavy atom. The molecule has 2 atom stereocenters. The van der Waals surface area contributed by atoms with E-state index in [1.807, 2.05) is 6.08 Å². The zero-order chi connectivity index (χ0) is 11.5. The molecule has 1 aliphatic carbocycles. The summed E-state index contributed by atoms with van der Waals surface area (Å²) in [7, 11) is 0. The van der Waals surface area contributed by atoms with Gasteiger partial charge in [-0.05, 0) is 44.0 Å². The minimum Gasteiger partial charge on any atom is -0.396 e. The first-order chi connectivity index (χ1) is 7.70. The van der Waals surface area contributed by atoms with Crippen LogP contribution in [0.1, 0.15) is 12.8 Å². The van der Waals surface area contributed by atoms with Gasteiger partial charge in [-0.1, -0.05) is 17.7 Å². The van der Waals surface area contributed by atoms with Gasteiger partial charge in [-0.15, -0.1) is 0 Å². The molecule has 16 heavy (non-hydrogen) atoms. The van der Waals surface area contributed by atoms with Gasteiger partial charge >= 0.3 is 0 Å². The molecule has 0 aromatic carbocycles. The average Bonchev–Trinajstić information content (AvgIpc) is 2.29. The Balaban J connectivity index is 1.92. The zero-order valence-electron chi connectivity index (χ0n) is 9.15. The predicted octanol–water partition coefficient (Wildman–Crippen LogP) is 2.09. The highest BCUT2D eigenvalue weighted by atomic mass is 35.5. The first-order valence-corrected chi connectivity index (χ1v) is 6.13. The summed E-state index contributed by atoms with van der Waals surface area (Å²) in [5, 5.41) is 9.52. The summed E-state index contributed by atoms with van der Waals surface area (Å²) in [4.78, 5) is 2.13. The van der Waals surface area contributed by atoms with E-state index in [2.05, 4.69) is 4.90 Å². The van der Waals surface area contributed by atoms with Crippen LogP contribution in [0.25, 0.3) is 0 Å². The summed E-state index contributed by atoms with van der Waals surface area (Å²) in [5.41, 5.74) is 0. The molecule has 0 saturated carbocycles. The molecule has 0 amide bonds. The fourth-order valence-corrected chi connectivity index (χ4v) is 2.55. The first-order valence-electron chi connectivity index (χ1n) is 5.75. The lowest BCUT2D eigenvalue weighted by Gasteiger charge is -2.37. The smallest absolute Gasteiger partial charge is 0.139 e. The maximum atomic E-state index is 13.8. The summed E-state index contributed by atoms with van der Waals surface area (Å²) < 4.78 is 13.8. The second-order valence-corrected chi connectivity index (χ2v) is 4.94. The van der Waals surface area contributed by atoms with Crippen LogP contribution in [0.2, 0.25) is 0 Å². The van der Waals surface area contributed by atoms with Gasteiger partial charge in [-0.25, -0.2) is 4.39 Å². The third-order valence-electron chi connectivity index (χ3n) is 3.43. The largest absolute Gasteiger partial charge is 0.396 e. The molecular weight excluding hydrogens is 229 g/mol. The van der Waals surface area contributed by atoms with Gasteiger partial charge in [0, 0.05) is 11.6 Å². The molecule has 2 unspecified atom stereocenters. The summed E-state index contributed by atoms with van der Waals surface area (Å²) in [6.07, 6.45) is 5.95. The van der Waals surface area contributed by atoms with Gasteiger partial charge in [0.2, 0.25) is 0 Å². The lowest BCUT2D eigenvalue weighted by Crippen LogP contribution is -2.45. The first kappa shape index (κ1) is 12.1. The van der Waals surface area contributed by atoms with E-state index in [9.17, 15) is 4.39 Å². The summed E-state index contributed by atoms with van der Waals surface area (Å²) in [6.45, 7) is 1.96. The van der Waals surface area contributed by atoms with Crippen molar-refractivity contribution >= 4 is 11.6 Å². The topological polar surface area (TPSA) is 23.5 Å². The molecule has 0 bridgehead atoms. The van der Waals surface area contributed by atoms with Crippen LogP contribution < -0.4 is 0 Å². The predicted molar refractivity (Wildman–Crippen MR) is 63.1 cm³/mol. The van der Waals surface area contributed by atoms with Gasteiger partial charge in [0.25, 0.3) is 0 Å². The van der Waals surface area contributed by atoms with Crippen molar-refractivity contribution in [3.05, 3.63) is 23.3 Å². The highest BCUT2D eigenvalue weighted by Gasteiger charge is 2.29. The van der Waals surface area contributed by atoms with Crippen molar-refractivity contribution < 1.29 is 9.50 Å². The molecular formula is C12H17ClFNO. The molecule has 2 nitrogen and oxygen atoms in total. The van der Waals surface area contributed by atoms with Crippen LogP contribution >= 0.6 is 11.6 Å². The second kappa shape index (κ2) is 5.30. The van der Waals surface area contributed by atoms with E-state index < -0.39 is 6.17 Å². The Kier molecular flexibility index (Phi) is 4.00. The number of rotatable bonds is 2. The average molecular weight is 246 g/mol. The zero-order valence-corrected chi connectivity index (χ0v) is 9.91. The quantitative estimate of drug-likeness (QED) is 0.805. The van der Waals surface area contributed by atoms with Gasteiger partial charge in [0.05, 0.1) is 6.04 Å². The maximum Gasteiger partial charge on any atom is 0.139 e. The summed E-state index contributed by atoms with van der Waals surface area (Å²) in [6, 6.07) is -0.179. The lowest BCUT2D eigenvalue weighted by atomic mass is 9.95. The van der Waals surface area contributed by atoms with Crippen LogP contribution in [-0.2, 0) is 0 Å². The van der Waals surface area contributed by atoms with Crippen molar-refractivity contribution in [2.45, 2.75) is 25.1 Å². The fourth-order valence-electron chi connectivity index (χ4n) is 2.36. The normalized spacial score (nSPS) is 32.8. The van der Waals surface area contributed by atoms with Gasteiger partial charge in [0.1, 0.15) is 6.17 Å². The molecule has 0 spiro atoms. The molecule has 4 heteroatoms. The molecule has 1 N–H and O–H groups in total. The number of halogens is 2. The van der Waals surface area contributed by atoms with Gasteiger partial charge in [-0.3, -0.25) is 4.90 Å². The molecule has 90 valence electrons. The minimum atomic E-state index is -1.01. The van der Waals surface area contributed by atoms with Crippen LogP contribution in [0.15, 0.2) is 23.3 Å². The number of hydrogen-bond acceptors (Lipinski definition) is 2. The fraction of sp³-hybridized carbons (Fsp3) is 0.667. The van der Waals surface area contributed by atoms with E-state index in [-0.39, 0.29) is 12.6 Å². The number of alkyl halides is 1. The Labute approximate surface area is 100 Å². The molecule has 1 aliphatic heterocycles. The van der Waals surface area contributed by atoms with Crippen molar-refractivity contribution in [2.24, 2.45) is 5.92 Å². The van der Waals surface area contributed by atoms with Crippen molar-refractivity contribution in [1.29, 1.82) is 0 Å². The maximum absolute atomic E-state index is 13.8. The van der Waals surface area contributed by atoms with E-state index in [4.69, 9.17) is 16.7 Å². The minimum absolute atomic E-state index is 0.179. The number of piperidine rings is 1. The monoisotopic (exact) mass is 245 g/mol. The van der Waals surface area contributed by atoms with Crippen LogP contribution in [0, 0.1) is 5.92 Å². The number of allylic oxidation sites excluding steroid dienone is 2. The Hall–Kier alpha value is -0.380. The Bertz CT molecular complexity index is 297. The van der Waals surface area contributed by atoms with E-state index in [1.54, 1.807) is 6.08 Å². The SMILES string of the molecule is OCC1CCN(C2C=CC(Cl)=CC2F)CC1. The van der Waals surface area contributed by atoms with Gasteiger partial charge < -0.3 is 5.11 Å². The highest BCUT2D eigenvalue weighted by Crippen LogP contribution is 2.25. The Morgan fingerprint density at radius 2 is 2.12 bits per heavy atom. The third kappa shape index (κ3) is 2.65. The molecule has 0 aromatic heterocycles. The number of hydrogen-bond donors (Lipinski definition) is 1. The second-order valence-electron chi connectivity index (χ2n) is 4.51. The molecule has 2 aliphatic rings. The molecule has 2 rings (SSSR count). The number of nitrogens with zero attached hydrogens (tertiary/aromatic N) is 1. The van der Waals surface area contributed by atoms with Crippen LogP contribution in [0.5, 0.6) is 0 Å². The van der Waals surface area contributed by atoms with Crippen molar-refractivity contribution in [3.63, 3.8) is 0 Å². The lowest BCUT2D eigenvalue weighted by molar-refractivity contribution is 0.0912. The molecule has 1 fully saturated rings. The van der Waals surface area contributed by atoms with E-state index >= 15 is 0 Å². The van der Waals surface area contributed by atoms with Crippen molar-refractivity contribution in [3.8, 4) is 0 Å². The van der Waals surface area contributed by atoms with E-state index in [0.717, 1.165) is 25.9 Å². The van der Waals surface area contributed by atoms with Crippen molar-refractivity contribution in [2.75, 3.05) is 19.7 Å². The molecule has 1 saturated heterocycles. The standard InChI is InChI=1S/C12H17ClFNO/c13-10-1-2-12(11(14)7-10)15-5-3-9(8-16)4-6-15/h1-2,7,9,11-12,16H,3-6,8H2. The molecule has 0 aromatic rings. The molecule has 1 heterocycles. The highest BCUT2D eigenvalue weighted by molar-refractivity contribution is 6.31. The van der Waals surface area contributed by atoms with Gasteiger partial charge in [-0.2, -0.15) is 0 Å². The van der Waals surface area contributed by atoms with Crippen molar-refractivity contribution in [1.82, 2.24) is 4.90 Å². The number of likely N-dealkylation sites (tertiary alicyclic amines) is 1. The van der Waals surface area contributed by atoms with Gasteiger partial charge in [0.15, 0.2) is 0 Å². The van der Waals surface area contributed by atoms with E-state index in [0.29, 0.717) is 11.0 Å². The van der Waals surface area contributed by atoms with Crippen LogP contribution in [0.3, 0.4) is 0 Å². The summed E-state index contributed by atoms with van der Waals surface area (Å²) >= 11 is 5.74. The number of aliphatic hydroxyl groups is 1. The third-order valence-corrected chi connectivity index (χ3v) is 3.68. The van der Waals surface area contributed by atoms with Crippen LogP contribution in [0.4, 0.5) is 4.39 Å². The summed E-state index contributed by atoms with van der Waals surface area (Å²) in [5.74, 6) is 0.390. The molecule has 0 radical (unpaired) electrons.